The SMILES string of the molecule is CC1(C)C[C@@H]2C[C@](C)(CN2C(=S)Nc2ccc(Cl)cc2Cl)C1. The molecule has 1 aliphatic heterocycles. The Labute approximate surface area is 148 Å². The number of nitrogens with zero attached hydrogens (tertiary/aromatic N) is 1. The fourth-order valence-electron chi connectivity index (χ4n) is 4.48. The lowest BCUT2D eigenvalue weighted by Crippen LogP contribution is -2.40. The molecule has 1 aromatic carbocycles. The van der Waals surface area contributed by atoms with Crippen LogP contribution in [0.4, 0.5) is 5.69 Å². The van der Waals surface area contributed by atoms with Crippen molar-refractivity contribution in [3.63, 3.8) is 0 Å². The monoisotopic (exact) mass is 356 g/mol. The van der Waals surface area contributed by atoms with Crippen LogP contribution in [0.1, 0.15) is 40.0 Å². The Morgan fingerprint density at radius 3 is 2.68 bits per heavy atom. The topological polar surface area (TPSA) is 15.3 Å². The summed E-state index contributed by atoms with van der Waals surface area (Å²) in [6, 6.07) is 5.97. The molecule has 0 amide bonds. The van der Waals surface area contributed by atoms with E-state index in [1.807, 2.05) is 12.1 Å². The van der Waals surface area contributed by atoms with Crippen molar-refractivity contribution < 1.29 is 0 Å². The zero-order valence-electron chi connectivity index (χ0n) is 13.2. The minimum absolute atomic E-state index is 0.363. The Balaban J connectivity index is 1.76. The van der Waals surface area contributed by atoms with Gasteiger partial charge in [-0.2, -0.15) is 0 Å². The maximum Gasteiger partial charge on any atom is 0.173 e. The van der Waals surface area contributed by atoms with E-state index in [0.717, 1.165) is 17.3 Å². The summed E-state index contributed by atoms with van der Waals surface area (Å²) in [5.74, 6) is 0. The Morgan fingerprint density at radius 2 is 2.00 bits per heavy atom. The third-order valence-corrected chi connectivity index (χ3v) is 5.73. The quantitative estimate of drug-likeness (QED) is 0.660. The number of halogens is 2. The number of thiocarbonyl (C=S) groups is 1. The van der Waals surface area contributed by atoms with Gasteiger partial charge in [0.25, 0.3) is 0 Å². The molecule has 1 saturated carbocycles. The van der Waals surface area contributed by atoms with Crippen LogP contribution < -0.4 is 5.32 Å². The summed E-state index contributed by atoms with van der Waals surface area (Å²) in [5, 5.41) is 5.31. The molecule has 1 N–H and O–H groups in total. The van der Waals surface area contributed by atoms with E-state index in [9.17, 15) is 0 Å². The van der Waals surface area contributed by atoms with E-state index >= 15 is 0 Å². The molecular formula is C17H22Cl2N2S. The molecule has 2 bridgehead atoms. The molecule has 0 unspecified atom stereocenters. The fourth-order valence-corrected chi connectivity index (χ4v) is 5.25. The molecule has 120 valence electrons. The zero-order chi connectivity index (χ0) is 16.1. The second kappa shape index (κ2) is 5.54. The van der Waals surface area contributed by atoms with E-state index in [4.69, 9.17) is 35.4 Å². The van der Waals surface area contributed by atoms with E-state index in [2.05, 4.69) is 31.0 Å². The lowest BCUT2D eigenvalue weighted by molar-refractivity contribution is 0.132. The van der Waals surface area contributed by atoms with Gasteiger partial charge in [-0.05, 0) is 60.5 Å². The summed E-state index contributed by atoms with van der Waals surface area (Å²) in [6.07, 6.45) is 3.68. The van der Waals surface area contributed by atoms with Gasteiger partial charge in [0.2, 0.25) is 0 Å². The predicted molar refractivity (Wildman–Crippen MR) is 98.9 cm³/mol. The van der Waals surface area contributed by atoms with Gasteiger partial charge in [-0.25, -0.2) is 0 Å². The molecule has 22 heavy (non-hydrogen) atoms. The second-order valence-electron chi connectivity index (χ2n) is 7.90. The predicted octanol–water partition coefficient (Wildman–Crippen LogP) is 5.59. The van der Waals surface area contributed by atoms with Gasteiger partial charge in [0.05, 0.1) is 10.7 Å². The van der Waals surface area contributed by atoms with Gasteiger partial charge in [0.1, 0.15) is 0 Å². The highest BCUT2D eigenvalue weighted by Gasteiger charge is 2.50. The van der Waals surface area contributed by atoms with Crippen LogP contribution in [0.3, 0.4) is 0 Å². The highest BCUT2D eigenvalue weighted by atomic mass is 35.5. The van der Waals surface area contributed by atoms with Crippen molar-refractivity contribution in [2.75, 3.05) is 11.9 Å². The fraction of sp³-hybridized carbons (Fsp3) is 0.588. The number of hydrogen-bond donors (Lipinski definition) is 1. The van der Waals surface area contributed by atoms with Gasteiger partial charge < -0.3 is 10.2 Å². The molecule has 2 nitrogen and oxygen atoms in total. The Hall–Kier alpha value is -0.510. The molecule has 1 aliphatic carbocycles. The molecule has 1 heterocycles. The van der Waals surface area contributed by atoms with Crippen molar-refractivity contribution in [2.45, 2.75) is 46.1 Å². The molecule has 0 radical (unpaired) electrons. The first-order valence-corrected chi connectivity index (χ1v) is 8.87. The number of fused-ring (bicyclic) bond motifs is 2. The zero-order valence-corrected chi connectivity index (χ0v) is 15.6. The molecule has 0 aromatic heterocycles. The molecule has 2 aliphatic rings. The third kappa shape index (κ3) is 3.22. The summed E-state index contributed by atoms with van der Waals surface area (Å²) >= 11 is 17.8. The molecular weight excluding hydrogens is 335 g/mol. The molecule has 1 saturated heterocycles. The highest BCUT2D eigenvalue weighted by Crippen LogP contribution is 2.52. The smallest absolute Gasteiger partial charge is 0.173 e. The van der Waals surface area contributed by atoms with Crippen molar-refractivity contribution in [1.29, 1.82) is 0 Å². The average Bonchev–Trinajstić information content (AvgIpc) is 2.62. The highest BCUT2D eigenvalue weighted by molar-refractivity contribution is 7.80. The first-order valence-electron chi connectivity index (χ1n) is 7.70. The Morgan fingerprint density at radius 1 is 1.27 bits per heavy atom. The lowest BCUT2D eigenvalue weighted by atomic mass is 9.65. The minimum atomic E-state index is 0.363. The van der Waals surface area contributed by atoms with Crippen molar-refractivity contribution >= 4 is 46.2 Å². The summed E-state index contributed by atoms with van der Waals surface area (Å²) < 4.78 is 0. The maximum atomic E-state index is 6.24. The van der Waals surface area contributed by atoms with Gasteiger partial charge in [-0.15, -0.1) is 0 Å². The van der Waals surface area contributed by atoms with Crippen LogP contribution >= 0.6 is 35.4 Å². The summed E-state index contributed by atoms with van der Waals surface area (Å²) in [4.78, 5) is 2.36. The van der Waals surface area contributed by atoms with Gasteiger partial charge in [0, 0.05) is 17.6 Å². The third-order valence-electron chi connectivity index (χ3n) is 4.85. The molecule has 0 spiro atoms. The van der Waals surface area contributed by atoms with Crippen LogP contribution in [0, 0.1) is 10.8 Å². The first kappa shape index (κ1) is 16.4. The largest absolute Gasteiger partial charge is 0.345 e. The Kier molecular flexibility index (Phi) is 4.12. The van der Waals surface area contributed by atoms with Crippen LogP contribution in [0.25, 0.3) is 0 Å². The van der Waals surface area contributed by atoms with Crippen LogP contribution in [-0.2, 0) is 0 Å². The molecule has 1 aromatic rings. The van der Waals surface area contributed by atoms with Crippen LogP contribution in [0.5, 0.6) is 0 Å². The molecule has 2 atom stereocenters. The van der Waals surface area contributed by atoms with E-state index in [0.29, 0.717) is 26.9 Å². The van der Waals surface area contributed by atoms with Crippen molar-refractivity contribution in [3.8, 4) is 0 Å². The van der Waals surface area contributed by atoms with E-state index in [1.54, 1.807) is 6.07 Å². The maximum absolute atomic E-state index is 6.24. The molecule has 2 fully saturated rings. The second-order valence-corrected chi connectivity index (χ2v) is 9.13. The summed E-state index contributed by atoms with van der Waals surface area (Å²) in [5.41, 5.74) is 1.57. The summed E-state index contributed by atoms with van der Waals surface area (Å²) in [6.45, 7) is 8.15. The number of rotatable bonds is 1. The normalized spacial score (nSPS) is 29.5. The summed E-state index contributed by atoms with van der Waals surface area (Å²) in [7, 11) is 0. The number of benzene rings is 1. The number of anilines is 1. The first-order chi connectivity index (χ1) is 10.2. The lowest BCUT2D eigenvalue weighted by Gasteiger charge is -2.39. The van der Waals surface area contributed by atoms with Gasteiger partial charge in [0.15, 0.2) is 5.11 Å². The number of hydrogen-bond acceptors (Lipinski definition) is 1. The van der Waals surface area contributed by atoms with Gasteiger partial charge in [-0.3, -0.25) is 0 Å². The van der Waals surface area contributed by atoms with Crippen molar-refractivity contribution in [2.24, 2.45) is 10.8 Å². The number of likely N-dealkylation sites (tertiary alicyclic amines) is 1. The Bertz CT molecular complexity index is 617. The van der Waals surface area contributed by atoms with Crippen LogP contribution in [-0.4, -0.2) is 22.6 Å². The van der Waals surface area contributed by atoms with Crippen LogP contribution in [0.2, 0.25) is 10.0 Å². The average molecular weight is 357 g/mol. The van der Waals surface area contributed by atoms with E-state index in [-0.39, 0.29) is 0 Å². The van der Waals surface area contributed by atoms with Gasteiger partial charge in [-0.1, -0.05) is 44.0 Å². The van der Waals surface area contributed by atoms with Gasteiger partial charge >= 0.3 is 0 Å². The standard InChI is InChI=1S/C17H22Cl2N2S/c1-16(2)7-12-8-17(3,9-16)10-21(12)15(22)20-14-5-4-11(18)6-13(14)19/h4-6,12H,7-10H2,1-3H3,(H,20,22)/t12-,17+/m1/s1. The number of nitrogens with one attached hydrogen (secondary N) is 1. The molecule has 3 rings (SSSR count). The van der Waals surface area contributed by atoms with E-state index in [1.165, 1.54) is 19.3 Å². The van der Waals surface area contributed by atoms with Crippen molar-refractivity contribution in [1.82, 2.24) is 4.90 Å². The van der Waals surface area contributed by atoms with Crippen LogP contribution in [0.15, 0.2) is 18.2 Å². The molecule has 5 heteroatoms. The minimum Gasteiger partial charge on any atom is -0.345 e. The van der Waals surface area contributed by atoms with E-state index < -0.39 is 0 Å². The van der Waals surface area contributed by atoms with Crippen molar-refractivity contribution in [3.05, 3.63) is 28.2 Å².